The Balaban J connectivity index is 1.58. The van der Waals surface area contributed by atoms with Crippen molar-refractivity contribution in [2.75, 3.05) is 26.2 Å². The third-order valence-corrected chi connectivity index (χ3v) is 14.0. The van der Waals surface area contributed by atoms with Crippen LogP contribution in [0.15, 0.2) is 12.2 Å². The topological polar surface area (TPSA) is 53.0 Å². The second kappa shape index (κ2) is 30.1. The molecule has 55 heavy (non-hydrogen) atoms. The predicted octanol–water partition coefficient (Wildman–Crippen LogP) is 14.0. The molecule has 320 valence electrons. The molecule has 7 unspecified atom stereocenters. The summed E-state index contributed by atoms with van der Waals surface area (Å²) >= 11 is 0. The van der Waals surface area contributed by atoms with Crippen LogP contribution in [0.1, 0.15) is 227 Å². The second-order valence-electron chi connectivity index (χ2n) is 18.4. The van der Waals surface area contributed by atoms with Gasteiger partial charge in [-0.2, -0.15) is 0 Å². The minimum Gasteiger partial charge on any atom is -0.481 e. The number of hydrogen-bond acceptors (Lipinski definition) is 4. The summed E-state index contributed by atoms with van der Waals surface area (Å²) in [6.07, 6.45) is 42.6. The van der Waals surface area contributed by atoms with Gasteiger partial charge in [0.2, 0.25) is 0 Å². The predicted molar refractivity (Wildman–Crippen MR) is 237 cm³/mol. The van der Waals surface area contributed by atoms with Crippen molar-refractivity contribution in [3.8, 4) is 0 Å². The van der Waals surface area contributed by atoms with Gasteiger partial charge in [-0.25, -0.2) is 0 Å². The van der Waals surface area contributed by atoms with E-state index in [1.807, 2.05) is 0 Å². The average molecular weight is 770 g/mol. The molecule has 5 nitrogen and oxygen atoms in total. The summed E-state index contributed by atoms with van der Waals surface area (Å²) in [4.78, 5) is 18.5. The molecule has 5 heteroatoms. The number of fused-ring (bicyclic) bond motifs is 2. The third-order valence-electron chi connectivity index (χ3n) is 14.0. The fourth-order valence-corrected chi connectivity index (χ4v) is 10.4. The summed E-state index contributed by atoms with van der Waals surface area (Å²) in [5.41, 5.74) is 0. The maximum atomic E-state index is 12.9. The van der Waals surface area contributed by atoms with E-state index in [0.717, 1.165) is 25.7 Å². The Hall–Kier alpha value is -1.04. The number of carbonyl (C=O) groups is 1. The monoisotopic (exact) mass is 770 g/mol. The number of hydrogen-bond donors (Lipinski definition) is 1. The summed E-state index contributed by atoms with van der Waals surface area (Å²) in [6, 6.07) is 1.20. The Morgan fingerprint density at radius 3 is 1.38 bits per heavy atom. The van der Waals surface area contributed by atoms with Gasteiger partial charge in [0.15, 0.2) is 0 Å². The lowest BCUT2D eigenvalue weighted by Crippen LogP contribution is -2.56. The van der Waals surface area contributed by atoms with E-state index in [1.54, 1.807) is 5.92 Å². The highest BCUT2D eigenvalue weighted by molar-refractivity contribution is 5.70. The van der Waals surface area contributed by atoms with E-state index in [1.165, 1.54) is 187 Å². The molecule has 0 bridgehead atoms. The smallest absolute Gasteiger partial charge is 0.311 e. The van der Waals surface area contributed by atoms with Gasteiger partial charge in [0.05, 0.1) is 0 Å². The van der Waals surface area contributed by atoms with E-state index in [2.05, 4.69) is 56.6 Å². The van der Waals surface area contributed by atoms with Gasteiger partial charge < -0.3 is 19.6 Å². The summed E-state index contributed by atoms with van der Waals surface area (Å²) in [6.45, 7) is 16.4. The minimum atomic E-state index is -0.601. The molecule has 0 amide bonds. The largest absolute Gasteiger partial charge is 0.481 e. The number of allylic oxidation sites excluding steroid dienone is 2. The van der Waals surface area contributed by atoms with Crippen LogP contribution in [0.4, 0.5) is 0 Å². The average Bonchev–Trinajstić information content (AvgIpc) is 3.19. The Labute approximate surface area is 343 Å². The van der Waals surface area contributed by atoms with Crippen LogP contribution in [0.5, 0.6) is 0 Å². The van der Waals surface area contributed by atoms with Gasteiger partial charge in [0.1, 0.15) is 42.3 Å². The lowest BCUT2D eigenvalue weighted by Gasteiger charge is -2.50. The lowest BCUT2D eigenvalue weighted by atomic mass is 9.61. The normalized spacial score (nSPS) is 24.8. The van der Waals surface area contributed by atoms with Crippen LogP contribution in [0.25, 0.3) is 0 Å². The first-order valence-corrected chi connectivity index (χ1v) is 24.8. The van der Waals surface area contributed by atoms with Crippen LogP contribution in [0.2, 0.25) is 0 Å². The molecule has 1 N–H and O–H groups in total. The molecule has 0 aromatic carbocycles. The molecular weight excluding hydrogens is 677 g/mol. The zero-order chi connectivity index (χ0) is 39.5. The van der Waals surface area contributed by atoms with E-state index in [0.29, 0.717) is 30.3 Å². The van der Waals surface area contributed by atoms with Gasteiger partial charge >= 0.3 is 5.97 Å². The number of unbranched alkanes of at least 4 members (excludes halogenated alkanes) is 17. The summed E-state index contributed by atoms with van der Waals surface area (Å²) in [5, 5.41) is 10.6. The van der Waals surface area contributed by atoms with Gasteiger partial charge in [-0.1, -0.05) is 150 Å². The first-order valence-electron chi connectivity index (χ1n) is 24.8. The lowest BCUT2D eigenvalue weighted by molar-refractivity contribution is -0.154. The van der Waals surface area contributed by atoms with E-state index in [-0.39, 0.29) is 18.1 Å². The highest BCUT2D eigenvalue weighted by Crippen LogP contribution is 2.52. The van der Waals surface area contributed by atoms with E-state index in [4.69, 9.17) is 4.74 Å². The summed E-state index contributed by atoms with van der Waals surface area (Å²) in [7, 11) is 0. The van der Waals surface area contributed by atoms with Gasteiger partial charge in [-0.15, -0.1) is 0 Å². The Morgan fingerprint density at radius 1 is 0.582 bits per heavy atom. The molecule has 0 radical (unpaired) electrons. The zero-order valence-electron chi connectivity index (χ0n) is 37.4. The van der Waals surface area contributed by atoms with Crippen molar-refractivity contribution in [2.24, 2.45) is 17.8 Å². The molecule has 2 saturated carbocycles. The van der Waals surface area contributed by atoms with Crippen molar-refractivity contribution in [3.05, 3.63) is 18.1 Å². The SMILES string of the molecule is CCCCCCCCCCCCCCCC=CCC(C[C+]1C2CCC(N(CCCC)CCCC)CC2OC2CC(N(CCCC)CCCC)CCC12)C(=O)O. The Morgan fingerprint density at radius 2 is 0.982 bits per heavy atom. The number of nitrogens with zero attached hydrogens (tertiary/aromatic N) is 2. The Kier molecular flexibility index (Phi) is 26.4. The van der Waals surface area contributed by atoms with Crippen molar-refractivity contribution in [2.45, 2.75) is 252 Å². The van der Waals surface area contributed by atoms with Crippen molar-refractivity contribution >= 4 is 5.97 Å². The van der Waals surface area contributed by atoms with Crippen LogP contribution in [0, 0.1) is 23.7 Å². The minimum absolute atomic E-state index is 0.250. The Bertz CT molecular complexity index is 911. The molecular formula is C50H93N2O3+. The molecule has 0 aromatic rings. The highest BCUT2D eigenvalue weighted by Gasteiger charge is 2.58. The van der Waals surface area contributed by atoms with Crippen molar-refractivity contribution < 1.29 is 14.6 Å². The van der Waals surface area contributed by atoms with Crippen LogP contribution in [0.3, 0.4) is 0 Å². The summed E-state index contributed by atoms with van der Waals surface area (Å²) < 4.78 is 7.30. The number of carboxylic acid groups (broad SMARTS) is 1. The summed E-state index contributed by atoms with van der Waals surface area (Å²) in [5.74, 6) is 1.54. The molecule has 3 fully saturated rings. The van der Waals surface area contributed by atoms with Gasteiger partial charge in [0.25, 0.3) is 0 Å². The quantitative estimate of drug-likeness (QED) is 0.0409. The zero-order valence-corrected chi connectivity index (χ0v) is 37.4. The molecule has 0 spiro atoms. The van der Waals surface area contributed by atoms with Crippen LogP contribution >= 0.6 is 0 Å². The first kappa shape index (κ1) is 48.3. The van der Waals surface area contributed by atoms with Crippen LogP contribution in [-0.2, 0) is 9.53 Å². The van der Waals surface area contributed by atoms with Gasteiger partial charge in [0, 0.05) is 12.1 Å². The van der Waals surface area contributed by atoms with Crippen molar-refractivity contribution in [1.82, 2.24) is 9.80 Å². The fraction of sp³-hybridized carbons (Fsp3) is 0.920. The van der Waals surface area contributed by atoms with Crippen molar-refractivity contribution in [1.29, 1.82) is 0 Å². The molecule has 3 rings (SSSR count). The third kappa shape index (κ3) is 18.2. The molecule has 1 saturated heterocycles. The molecule has 1 heterocycles. The number of rotatable bonds is 33. The first-order chi connectivity index (χ1) is 27.0. The second-order valence-corrected chi connectivity index (χ2v) is 18.4. The number of ether oxygens (including phenoxy) is 1. The van der Waals surface area contributed by atoms with Crippen LogP contribution in [-0.4, -0.2) is 71.3 Å². The number of carboxylic acids is 1. The van der Waals surface area contributed by atoms with Crippen molar-refractivity contribution in [3.63, 3.8) is 0 Å². The van der Waals surface area contributed by atoms with Crippen LogP contribution < -0.4 is 0 Å². The molecule has 0 aromatic heterocycles. The maximum Gasteiger partial charge on any atom is 0.311 e. The maximum absolute atomic E-state index is 12.9. The molecule has 7 atom stereocenters. The molecule has 3 aliphatic rings. The standard InChI is InChI=1S/C50H92N2O3/c1-6-11-16-17-18-19-20-21-22-23-24-25-26-27-28-29-30-42(50(53)54)39-47-45-33-31-43(51(35-12-7-2)36-13-8-3)40-48(45)55-49-41-44(32-34-46(47)49)52(37-14-9-4)38-15-10-5/h28-29,42-46,48-49H,6-27,30-41H2,1-5H3/p+1. The van der Waals surface area contributed by atoms with E-state index in [9.17, 15) is 9.90 Å². The fourth-order valence-electron chi connectivity index (χ4n) is 10.4. The van der Waals surface area contributed by atoms with E-state index < -0.39 is 5.97 Å². The number of aliphatic carboxylic acids is 1. The highest BCUT2D eigenvalue weighted by atomic mass is 16.5. The van der Waals surface area contributed by atoms with Gasteiger partial charge in [-0.05, 0) is 110 Å². The van der Waals surface area contributed by atoms with E-state index >= 15 is 0 Å². The molecule has 1 aliphatic heterocycles. The molecule has 2 aliphatic carbocycles. The van der Waals surface area contributed by atoms with Gasteiger partial charge in [-0.3, -0.25) is 4.79 Å².